The van der Waals surface area contributed by atoms with Crippen LogP contribution >= 0.6 is 0 Å². The molecule has 1 aromatic carbocycles. The fourth-order valence-electron chi connectivity index (χ4n) is 1.42. The van der Waals surface area contributed by atoms with Crippen LogP contribution in [0.5, 0.6) is 0 Å². The topological polar surface area (TPSA) is 85.8 Å². The lowest BCUT2D eigenvalue weighted by Gasteiger charge is -2.13. The SMILES string of the molecule is CC(C(=O)Nc1ccc(F)cc1N)n1cncn1. The molecule has 94 valence electrons. The molecule has 1 heterocycles. The number of hydrogen-bond acceptors (Lipinski definition) is 4. The van der Waals surface area contributed by atoms with Crippen molar-refractivity contribution in [1.82, 2.24) is 14.8 Å². The maximum Gasteiger partial charge on any atom is 0.249 e. The fourth-order valence-corrected chi connectivity index (χ4v) is 1.42. The molecule has 0 fully saturated rings. The van der Waals surface area contributed by atoms with Gasteiger partial charge >= 0.3 is 0 Å². The summed E-state index contributed by atoms with van der Waals surface area (Å²) >= 11 is 0. The van der Waals surface area contributed by atoms with Gasteiger partial charge in [0.15, 0.2) is 0 Å². The molecule has 18 heavy (non-hydrogen) atoms. The molecular formula is C11H12FN5O. The van der Waals surface area contributed by atoms with E-state index in [9.17, 15) is 9.18 Å². The van der Waals surface area contributed by atoms with Gasteiger partial charge in [0.1, 0.15) is 24.5 Å². The maximum atomic E-state index is 12.9. The van der Waals surface area contributed by atoms with Gasteiger partial charge in [-0.2, -0.15) is 5.10 Å². The molecule has 3 N–H and O–H groups in total. The van der Waals surface area contributed by atoms with Crippen LogP contribution in [0, 0.1) is 5.82 Å². The summed E-state index contributed by atoms with van der Waals surface area (Å²) in [5.41, 5.74) is 6.14. The van der Waals surface area contributed by atoms with Gasteiger partial charge in [0.05, 0.1) is 11.4 Å². The van der Waals surface area contributed by atoms with Crippen molar-refractivity contribution >= 4 is 17.3 Å². The largest absolute Gasteiger partial charge is 0.397 e. The molecule has 1 amide bonds. The lowest BCUT2D eigenvalue weighted by Crippen LogP contribution is -2.24. The Bertz CT molecular complexity index is 555. The first-order chi connectivity index (χ1) is 8.58. The van der Waals surface area contributed by atoms with E-state index in [2.05, 4.69) is 15.4 Å². The zero-order chi connectivity index (χ0) is 13.1. The van der Waals surface area contributed by atoms with Crippen molar-refractivity contribution in [3.05, 3.63) is 36.7 Å². The van der Waals surface area contributed by atoms with Gasteiger partial charge in [-0.25, -0.2) is 14.1 Å². The van der Waals surface area contributed by atoms with Gasteiger partial charge in [0, 0.05) is 0 Å². The molecule has 0 aliphatic heterocycles. The highest BCUT2D eigenvalue weighted by Crippen LogP contribution is 2.20. The fraction of sp³-hybridized carbons (Fsp3) is 0.182. The third-order valence-electron chi connectivity index (χ3n) is 2.48. The van der Waals surface area contributed by atoms with Crippen LogP contribution in [0.25, 0.3) is 0 Å². The van der Waals surface area contributed by atoms with Crippen LogP contribution in [-0.2, 0) is 4.79 Å². The first-order valence-electron chi connectivity index (χ1n) is 5.28. The number of benzene rings is 1. The number of nitrogen functional groups attached to an aromatic ring is 1. The third kappa shape index (κ3) is 2.45. The maximum absolute atomic E-state index is 12.9. The molecule has 0 aliphatic rings. The number of hydrogen-bond donors (Lipinski definition) is 2. The van der Waals surface area contributed by atoms with E-state index >= 15 is 0 Å². The molecule has 0 bridgehead atoms. The van der Waals surface area contributed by atoms with Crippen LogP contribution in [-0.4, -0.2) is 20.7 Å². The molecule has 7 heteroatoms. The van der Waals surface area contributed by atoms with E-state index in [1.165, 1.54) is 29.5 Å². The summed E-state index contributed by atoms with van der Waals surface area (Å²) in [6.07, 6.45) is 2.79. The van der Waals surface area contributed by atoms with Gasteiger partial charge in [-0.3, -0.25) is 4.79 Å². The summed E-state index contributed by atoms with van der Waals surface area (Å²) in [7, 11) is 0. The molecule has 1 atom stereocenters. The number of rotatable bonds is 3. The Kier molecular flexibility index (Phi) is 3.22. The van der Waals surface area contributed by atoms with Crippen molar-refractivity contribution in [2.75, 3.05) is 11.1 Å². The summed E-state index contributed by atoms with van der Waals surface area (Å²) in [6, 6.07) is 3.26. The number of nitrogens with zero attached hydrogens (tertiary/aromatic N) is 3. The summed E-state index contributed by atoms with van der Waals surface area (Å²) < 4.78 is 14.3. The average molecular weight is 249 g/mol. The van der Waals surface area contributed by atoms with E-state index in [1.54, 1.807) is 6.92 Å². The number of carbonyl (C=O) groups excluding carboxylic acids is 1. The quantitative estimate of drug-likeness (QED) is 0.800. The molecule has 0 spiro atoms. The predicted molar refractivity (Wildman–Crippen MR) is 64.2 cm³/mol. The molecule has 1 aromatic heterocycles. The highest BCUT2D eigenvalue weighted by molar-refractivity contribution is 5.96. The predicted octanol–water partition coefficient (Wildman–Crippen LogP) is 1.20. The average Bonchev–Trinajstić information content (AvgIpc) is 2.85. The Morgan fingerprint density at radius 3 is 2.94 bits per heavy atom. The minimum Gasteiger partial charge on any atom is -0.397 e. The third-order valence-corrected chi connectivity index (χ3v) is 2.48. The molecule has 0 aliphatic carbocycles. The second-order valence-electron chi connectivity index (χ2n) is 3.77. The number of amides is 1. The van der Waals surface area contributed by atoms with E-state index in [0.29, 0.717) is 5.69 Å². The Balaban J connectivity index is 2.12. The number of anilines is 2. The smallest absolute Gasteiger partial charge is 0.249 e. The van der Waals surface area contributed by atoms with Crippen molar-refractivity contribution in [3.63, 3.8) is 0 Å². The molecule has 2 rings (SSSR count). The minimum absolute atomic E-state index is 0.175. The van der Waals surface area contributed by atoms with Crippen LogP contribution in [0.15, 0.2) is 30.9 Å². The molecule has 0 saturated heterocycles. The van der Waals surface area contributed by atoms with Gasteiger partial charge in [-0.05, 0) is 25.1 Å². The van der Waals surface area contributed by atoms with Crippen LogP contribution < -0.4 is 11.1 Å². The second-order valence-corrected chi connectivity index (χ2v) is 3.77. The summed E-state index contributed by atoms with van der Waals surface area (Å²) in [6.45, 7) is 1.67. The number of aromatic nitrogens is 3. The van der Waals surface area contributed by atoms with E-state index in [0.717, 1.165) is 6.07 Å². The molecule has 1 unspecified atom stereocenters. The van der Waals surface area contributed by atoms with Crippen LogP contribution in [0.1, 0.15) is 13.0 Å². The first kappa shape index (κ1) is 12.0. The molecule has 0 saturated carbocycles. The van der Waals surface area contributed by atoms with Gasteiger partial charge in [0.2, 0.25) is 5.91 Å². The Labute approximate surface area is 103 Å². The van der Waals surface area contributed by atoms with Gasteiger partial charge in [0.25, 0.3) is 0 Å². The molecule has 6 nitrogen and oxygen atoms in total. The second kappa shape index (κ2) is 4.82. The Morgan fingerprint density at radius 2 is 2.33 bits per heavy atom. The lowest BCUT2D eigenvalue weighted by molar-refractivity contribution is -0.119. The summed E-state index contributed by atoms with van der Waals surface area (Å²) in [5, 5.41) is 6.48. The first-order valence-corrected chi connectivity index (χ1v) is 5.28. The van der Waals surface area contributed by atoms with Crippen molar-refractivity contribution in [2.45, 2.75) is 13.0 Å². The standard InChI is InChI=1S/C11H12FN5O/c1-7(17-6-14-5-15-17)11(18)16-10-3-2-8(12)4-9(10)13/h2-7H,13H2,1H3,(H,16,18). The Hall–Kier alpha value is -2.44. The van der Waals surface area contributed by atoms with Crippen molar-refractivity contribution in [3.8, 4) is 0 Å². The van der Waals surface area contributed by atoms with Gasteiger partial charge in [-0.1, -0.05) is 0 Å². The number of halogens is 1. The number of nitrogens with one attached hydrogen (secondary N) is 1. The zero-order valence-corrected chi connectivity index (χ0v) is 9.67. The van der Waals surface area contributed by atoms with Crippen LogP contribution in [0.4, 0.5) is 15.8 Å². The summed E-state index contributed by atoms with van der Waals surface area (Å²) in [4.78, 5) is 15.7. The highest BCUT2D eigenvalue weighted by Gasteiger charge is 2.16. The normalized spacial score (nSPS) is 12.1. The van der Waals surface area contributed by atoms with Crippen LogP contribution in [0.2, 0.25) is 0 Å². The van der Waals surface area contributed by atoms with E-state index in [4.69, 9.17) is 5.73 Å². The summed E-state index contributed by atoms with van der Waals surface area (Å²) in [5.74, 6) is -0.756. The minimum atomic E-state index is -0.531. The Morgan fingerprint density at radius 1 is 1.56 bits per heavy atom. The monoisotopic (exact) mass is 249 g/mol. The molecular weight excluding hydrogens is 237 g/mol. The number of carbonyl (C=O) groups is 1. The molecule has 2 aromatic rings. The zero-order valence-electron chi connectivity index (χ0n) is 9.67. The van der Waals surface area contributed by atoms with E-state index < -0.39 is 11.9 Å². The van der Waals surface area contributed by atoms with Crippen molar-refractivity contribution in [1.29, 1.82) is 0 Å². The lowest BCUT2D eigenvalue weighted by atomic mass is 10.2. The van der Waals surface area contributed by atoms with Gasteiger partial charge in [-0.15, -0.1) is 0 Å². The van der Waals surface area contributed by atoms with Crippen LogP contribution in [0.3, 0.4) is 0 Å². The van der Waals surface area contributed by atoms with E-state index in [1.807, 2.05) is 0 Å². The van der Waals surface area contributed by atoms with Gasteiger partial charge < -0.3 is 11.1 Å². The molecule has 0 radical (unpaired) electrons. The van der Waals surface area contributed by atoms with E-state index in [-0.39, 0.29) is 11.6 Å². The van der Waals surface area contributed by atoms with Crippen molar-refractivity contribution in [2.24, 2.45) is 0 Å². The van der Waals surface area contributed by atoms with Crippen molar-refractivity contribution < 1.29 is 9.18 Å². The highest BCUT2D eigenvalue weighted by atomic mass is 19.1. The number of nitrogens with two attached hydrogens (primary N) is 1.